The fourth-order valence-electron chi connectivity index (χ4n) is 0.412. The van der Waals surface area contributed by atoms with Gasteiger partial charge in [0, 0.05) is 5.38 Å². The second-order valence-corrected chi connectivity index (χ2v) is 2.05. The number of hydrogen-bond acceptors (Lipinski definition) is 2. The van der Waals surface area contributed by atoms with E-state index in [0.29, 0.717) is 0 Å². The maximum Gasteiger partial charge on any atom is 0.0794 e. The van der Waals surface area contributed by atoms with Crippen molar-refractivity contribution >= 4 is 11.3 Å². The van der Waals surface area contributed by atoms with Crippen molar-refractivity contribution in [2.24, 2.45) is 0 Å². The molecule has 9 heavy (non-hydrogen) atoms. The van der Waals surface area contributed by atoms with Gasteiger partial charge in [0.25, 0.3) is 0 Å². The molecule has 0 bridgehead atoms. The van der Waals surface area contributed by atoms with E-state index in [1.54, 1.807) is 11.3 Å². The zero-order chi connectivity index (χ0) is 7.11. The quantitative estimate of drug-likeness (QED) is 0.589. The highest BCUT2D eigenvalue weighted by Gasteiger charge is 1.84. The van der Waals surface area contributed by atoms with Gasteiger partial charge >= 0.3 is 0 Å². The largest absolute Gasteiger partial charge is 0.250 e. The molecule has 0 saturated carbocycles. The lowest BCUT2D eigenvalue weighted by atomic mass is 10.4. The van der Waals surface area contributed by atoms with Crippen molar-refractivity contribution in [3.8, 4) is 0 Å². The summed E-state index contributed by atoms with van der Waals surface area (Å²) < 4.78 is 0. The van der Waals surface area contributed by atoms with Crippen molar-refractivity contribution in [3.63, 3.8) is 0 Å². The molecule has 0 spiro atoms. The van der Waals surface area contributed by atoms with Gasteiger partial charge in [0.1, 0.15) is 0 Å². The molecule has 0 unspecified atom stereocenters. The maximum atomic E-state index is 4.05. The van der Waals surface area contributed by atoms with Crippen LogP contribution in [0.3, 0.4) is 0 Å². The van der Waals surface area contributed by atoms with E-state index in [2.05, 4.69) is 17.3 Å². The Kier molecular flexibility index (Phi) is 5.52. The highest BCUT2D eigenvalue weighted by atomic mass is 32.1. The molecule has 1 aromatic rings. The number of nitrogens with zero attached hydrogens (tertiary/aromatic N) is 1. The van der Waals surface area contributed by atoms with Crippen LogP contribution in [0.1, 0.15) is 26.5 Å². The first-order valence-electron chi connectivity index (χ1n) is 3.30. The first-order chi connectivity index (χ1) is 4.43. The highest BCUT2D eigenvalue weighted by Crippen LogP contribution is 1.99. The fraction of sp³-hybridized carbons (Fsp3) is 0.571. The lowest BCUT2D eigenvalue weighted by Gasteiger charge is -1.77. The van der Waals surface area contributed by atoms with E-state index in [9.17, 15) is 0 Å². The van der Waals surface area contributed by atoms with Gasteiger partial charge in [-0.15, -0.1) is 11.3 Å². The minimum Gasteiger partial charge on any atom is -0.250 e. The Morgan fingerprint density at radius 2 is 2.22 bits per heavy atom. The molecule has 1 aromatic heterocycles. The van der Waals surface area contributed by atoms with Crippen LogP contribution in [0.2, 0.25) is 0 Å². The van der Waals surface area contributed by atoms with Gasteiger partial charge in [-0.05, 0) is 6.42 Å². The van der Waals surface area contributed by atoms with Crippen LogP contribution in [0.4, 0.5) is 0 Å². The van der Waals surface area contributed by atoms with E-state index in [1.165, 1.54) is 5.69 Å². The van der Waals surface area contributed by atoms with Crippen LogP contribution in [0.5, 0.6) is 0 Å². The fourth-order valence-corrected chi connectivity index (χ4v) is 1.05. The van der Waals surface area contributed by atoms with E-state index in [-0.39, 0.29) is 0 Å². The van der Waals surface area contributed by atoms with Crippen molar-refractivity contribution in [1.29, 1.82) is 0 Å². The number of thiazole rings is 1. The lowest BCUT2D eigenvalue weighted by Crippen LogP contribution is -1.73. The number of rotatable bonds is 1. The summed E-state index contributed by atoms with van der Waals surface area (Å²) in [5.41, 5.74) is 3.06. The van der Waals surface area contributed by atoms with Gasteiger partial charge < -0.3 is 0 Å². The van der Waals surface area contributed by atoms with Gasteiger partial charge in [0.15, 0.2) is 0 Å². The van der Waals surface area contributed by atoms with E-state index < -0.39 is 0 Å². The Hall–Kier alpha value is -0.370. The van der Waals surface area contributed by atoms with Crippen molar-refractivity contribution in [3.05, 3.63) is 16.6 Å². The molecule has 0 aromatic carbocycles. The maximum absolute atomic E-state index is 4.05. The summed E-state index contributed by atoms with van der Waals surface area (Å²) >= 11 is 1.65. The van der Waals surface area contributed by atoms with Gasteiger partial charge in [-0.2, -0.15) is 0 Å². The average Bonchev–Trinajstić information content (AvgIpc) is 2.43. The second-order valence-electron chi connectivity index (χ2n) is 1.33. The summed E-state index contributed by atoms with van der Waals surface area (Å²) in [6, 6.07) is 0. The average molecular weight is 143 g/mol. The first kappa shape index (κ1) is 8.63. The lowest BCUT2D eigenvalue weighted by molar-refractivity contribution is 1.06. The number of hydrogen-bond donors (Lipinski definition) is 0. The Labute approximate surface area is 60.8 Å². The van der Waals surface area contributed by atoms with Crippen molar-refractivity contribution < 1.29 is 0 Å². The van der Waals surface area contributed by atoms with E-state index >= 15 is 0 Å². The molecule has 0 aliphatic heterocycles. The smallest absolute Gasteiger partial charge is 0.0794 e. The highest BCUT2D eigenvalue weighted by molar-refractivity contribution is 7.07. The first-order valence-corrected chi connectivity index (χ1v) is 4.25. The van der Waals surface area contributed by atoms with Gasteiger partial charge in [0.05, 0.1) is 11.2 Å². The molecule has 1 heterocycles. The van der Waals surface area contributed by atoms with Crippen molar-refractivity contribution in [1.82, 2.24) is 4.98 Å². The molecule has 0 amide bonds. The molecular weight excluding hydrogens is 130 g/mol. The predicted molar refractivity (Wildman–Crippen MR) is 42.8 cm³/mol. The molecular formula is C7H13NS. The summed E-state index contributed by atoms with van der Waals surface area (Å²) in [7, 11) is 0. The molecule has 0 N–H and O–H groups in total. The minimum absolute atomic E-state index is 1.06. The van der Waals surface area contributed by atoms with Crippen LogP contribution in [-0.2, 0) is 6.42 Å². The van der Waals surface area contributed by atoms with Crippen LogP contribution in [0.15, 0.2) is 10.9 Å². The normalized spacial score (nSPS) is 7.89. The molecule has 0 fully saturated rings. The Balaban J connectivity index is 0.000000291. The van der Waals surface area contributed by atoms with Crippen LogP contribution in [0.25, 0.3) is 0 Å². The second kappa shape index (κ2) is 5.76. The third-order valence-electron chi connectivity index (χ3n) is 0.846. The van der Waals surface area contributed by atoms with Crippen LogP contribution in [0, 0.1) is 0 Å². The van der Waals surface area contributed by atoms with Crippen LogP contribution >= 0.6 is 11.3 Å². The van der Waals surface area contributed by atoms with E-state index in [1.807, 2.05) is 19.4 Å². The monoisotopic (exact) mass is 143 g/mol. The van der Waals surface area contributed by atoms with Crippen LogP contribution in [-0.4, -0.2) is 4.98 Å². The summed E-state index contributed by atoms with van der Waals surface area (Å²) in [5, 5.41) is 2.07. The Morgan fingerprint density at radius 3 is 2.44 bits per heavy atom. The molecule has 0 aliphatic carbocycles. The molecule has 0 saturated heterocycles. The molecule has 0 radical (unpaired) electrons. The van der Waals surface area contributed by atoms with Crippen molar-refractivity contribution in [2.75, 3.05) is 0 Å². The standard InChI is InChI=1S/C5H7NS.C2H6/c1-2-5-3-7-4-6-5;1-2/h3-4H,2H2,1H3;1-2H3. The molecule has 1 nitrogen and oxygen atoms in total. The van der Waals surface area contributed by atoms with Gasteiger partial charge in [0.2, 0.25) is 0 Å². The zero-order valence-electron chi connectivity index (χ0n) is 6.22. The van der Waals surface area contributed by atoms with Gasteiger partial charge in [-0.25, -0.2) is 4.98 Å². The van der Waals surface area contributed by atoms with Crippen LogP contribution < -0.4 is 0 Å². The molecule has 1 rings (SSSR count). The summed E-state index contributed by atoms with van der Waals surface area (Å²) in [5.74, 6) is 0. The number of aromatic nitrogens is 1. The summed E-state index contributed by atoms with van der Waals surface area (Å²) in [6.07, 6.45) is 1.06. The summed E-state index contributed by atoms with van der Waals surface area (Å²) in [6.45, 7) is 6.11. The minimum atomic E-state index is 1.06. The van der Waals surface area contributed by atoms with Crippen molar-refractivity contribution in [2.45, 2.75) is 27.2 Å². The Morgan fingerprint density at radius 1 is 1.56 bits per heavy atom. The van der Waals surface area contributed by atoms with Gasteiger partial charge in [-0.3, -0.25) is 0 Å². The molecule has 2 heteroatoms. The zero-order valence-corrected chi connectivity index (χ0v) is 7.03. The van der Waals surface area contributed by atoms with E-state index in [0.717, 1.165) is 6.42 Å². The number of aryl methyl sites for hydroxylation is 1. The SMILES string of the molecule is CC.CCc1cscn1. The third kappa shape index (κ3) is 3.25. The van der Waals surface area contributed by atoms with E-state index in [4.69, 9.17) is 0 Å². The molecule has 52 valence electrons. The topological polar surface area (TPSA) is 12.9 Å². The third-order valence-corrected chi connectivity index (χ3v) is 1.48. The predicted octanol–water partition coefficient (Wildman–Crippen LogP) is 2.73. The molecule has 0 aliphatic rings. The Bertz CT molecular complexity index is 123. The summed E-state index contributed by atoms with van der Waals surface area (Å²) in [4.78, 5) is 4.05. The van der Waals surface area contributed by atoms with Gasteiger partial charge in [-0.1, -0.05) is 20.8 Å². The molecule has 0 atom stereocenters.